The van der Waals surface area contributed by atoms with Crippen LogP contribution in [0, 0.1) is 0 Å². The van der Waals surface area contributed by atoms with E-state index < -0.39 is 10.8 Å². The highest BCUT2D eigenvalue weighted by atomic mass is 32.2. The molecule has 2 rings (SSSR count). The lowest BCUT2D eigenvalue weighted by Gasteiger charge is -2.04. The third kappa shape index (κ3) is 2.94. The van der Waals surface area contributed by atoms with Gasteiger partial charge in [-0.25, -0.2) is 0 Å². The predicted octanol–water partition coefficient (Wildman–Crippen LogP) is 1.35. The number of hydrogen-bond acceptors (Lipinski definition) is 3. The van der Waals surface area contributed by atoms with Crippen LogP contribution in [0.25, 0.3) is 0 Å². The molecule has 2 N–H and O–H groups in total. The zero-order valence-corrected chi connectivity index (χ0v) is 10.5. The molecule has 5 heteroatoms. The van der Waals surface area contributed by atoms with Gasteiger partial charge in [0.05, 0.1) is 21.9 Å². The Balaban J connectivity index is 2.01. The molecule has 0 saturated heterocycles. The van der Waals surface area contributed by atoms with Crippen LogP contribution >= 0.6 is 0 Å². The van der Waals surface area contributed by atoms with Crippen LogP contribution in [0.3, 0.4) is 0 Å². The highest BCUT2D eigenvalue weighted by Crippen LogP contribution is 2.16. The Hall–Kier alpha value is -1.62. The number of aromatic nitrogens is 2. The van der Waals surface area contributed by atoms with Gasteiger partial charge in [0.25, 0.3) is 0 Å². The Labute approximate surface area is 103 Å². The van der Waals surface area contributed by atoms with Crippen LogP contribution in [0.15, 0.2) is 41.6 Å². The van der Waals surface area contributed by atoms with Crippen molar-refractivity contribution < 1.29 is 4.21 Å². The van der Waals surface area contributed by atoms with Crippen LogP contribution in [0.2, 0.25) is 0 Å². The minimum Gasteiger partial charge on any atom is -0.398 e. The van der Waals surface area contributed by atoms with Gasteiger partial charge in [-0.2, -0.15) is 5.10 Å². The van der Waals surface area contributed by atoms with Crippen molar-refractivity contribution >= 4 is 16.5 Å². The summed E-state index contributed by atoms with van der Waals surface area (Å²) in [4.78, 5) is 0.719. The normalized spacial score (nSPS) is 12.5. The molecule has 4 nitrogen and oxygen atoms in total. The number of anilines is 1. The predicted molar refractivity (Wildman–Crippen MR) is 69.0 cm³/mol. The third-order valence-corrected chi connectivity index (χ3v) is 3.94. The first-order valence-corrected chi connectivity index (χ1v) is 6.69. The average Bonchev–Trinajstić information content (AvgIpc) is 2.73. The van der Waals surface area contributed by atoms with E-state index in [-0.39, 0.29) is 0 Å². The highest BCUT2D eigenvalue weighted by Gasteiger charge is 2.07. The summed E-state index contributed by atoms with van der Waals surface area (Å²) in [6.45, 7) is 0. The Kier molecular flexibility index (Phi) is 3.58. The average molecular weight is 249 g/mol. The van der Waals surface area contributed by atoms with Gasteiger partial charge in [0.1, 0.15) is 0 Å². The van der Waals surface area contributed by atoms with Crippen molar-refractivity contribution in [3.63, 3.8) is 0 Å². The van der Waals surface area contributed by atoms with E-state index >= 15 is 0 Å². The summed E-state index contributed by atoms with van der Waals surface area (Å²) in [6, 6.07) is 7.29. The number of benzene rings is 1. The molecule has 0 radical (unpaired) electrons. The fraction of sp³-hybridized carbons (Fsp3) is 0.250. The summed E-state index contributed by atoms with van der Waals surface area (Å²) in [5.74, 6) is 0.569. The van der Waals surface area contributed by atoms with Crippen LogP contribution in [0.4, 0.5) is 5.69 Å². The Morgan fingerprint density at radius 3 is 2.82 bits per heavy atom. The first-order valence-electron chi connectivity index (χ1n) is 5.37. The second-order valence-corrected chi connectivity index (χ2v) is 5.40. The molecule has 0 fully saturated rings. The maximum atomic E-state index is 12.0. The fourth-order valence-electron chi connectivity index (χ4n) is 1.61. The van der Waals surface area contributed by atoms with E-state index in [4.69, 9.17) is 5.73 Å². The zero-order chi connectivity index (χ0) is 12.3. The molecule has 17 heavy (non-hydrogen) atoms. The Bertz CT molecular complexity index is 536. The Morgan fingerprint density at radius 2 is 2.18 bits per heavy atom. The second-order valence-electron chi connectivity index (χ2n) is 3.86. The highest BCUT2D eigenvalue weighted by molar-refractivity contribution is 7.85. The van der Waals surface area contributed by atoms with Crippen molar-refractivity contribution in [2.24, 2.45) is 7.05 Å². The van der Waals surface area contributed by atoms with Gasteiger partial charge >= 0.3 is 0 Å². The summed E-state index contributed by atoms with van der Waals surface area (Å²) in [5, 5.41) is 4.08. The third-order valence-electron chi connectivity index (χ3n) is 2.50. The Morgan fingerprint density at radius 1 is 1.41 bits per heavy atom. The molecule has 90 valence electrons. The molecule has 1 heterocycles. The number of para-hydroxylation sites is 1. The SMILES string of the molecule is Cn1cc(CCS(=O)c2ccccc2N)cn1. The van der Waals surface area contributed by atoms with Crippen molar-refractivity contribution in [3.8, 4) is 0 Å². The molecule has 0 aliphatic rings. The number of nitrogen functional groups attached to an aromatic ring is 1. The van der Waals surface area contributed by atoms with Crippen molar-refractivity contribution in [1.29, 1.82) is 0 Å². The fourth-order valence-corrected chi connectivity index (χ4v) is 2.81. The molecule has 1 unspecified atom stereocenters. The van der Waals surface area contributed by atoms with Gasteiger partial charge in [-0.05, 0) is 24.1 Å². The standard InChI is InChI=1S/C12H15N3OS/c1-15-9-10(8-14-15)6-7-17(16)12-5-3-2-4-11(12)13/h2-5,8-9H,6-7,13H2,1H3. The van der Waals surface area contributed by atoms with E-state index in [1.165, 1.54) is 0 Å². The van der Waals surface area contributed by atoms with Crippen molar-refractivity contribution in [2.75, 3.05) is 11.5 Å². The van der Waals surface area contributed by atoms with Crippen molar-refractivity contribution in [3.05, 3.63) is 42.2 Å². The van der Waals surface area contributed by atoms with Gasteiger partial charge in [0.2, 0.25) is 0 Å². The van der Waals surface area contributed by atoms with Crippen LogP contribution in [-0.4, -0.2) is 19.7 Å². The number of hydrogen-bond donors (Lipinski definition) is 1. The van der Waals surface area contributed by atoms with Crippen LogP contribution in [-0.2, 0) is 24.3 Å². The number of nitrogens with zero attached hydrogens (tertiary/aromatic N) is 2. The maximum Gasteiger partial charge on any atom is 0.0617 e. The largest absolute Gasteiger partial charge is 0.398 e. The van der Waals surface area contributed by atoms with Gasteiger partial charge in [0, 0.05) is 24.7 Å². The summed E-state index contributed by atoms with van der Waals surface area (Å²) >= 11 is 0. The zero-order valence-electron chi connectivity index (χ0n) is 9.67. The number of rotatable bonds is 4. The molecule has 0 amide bonds. The van der Waals surface area contributed by atoms with Gasteiger partial charge in [-0.1, -0.05) is 12.1 Å². The molecule has 0 spiro atoms. The first kappa shape index (κ1) is 11.9. The summed E-state index contributed by atoms with van der Waals surface area (Å²) < 4.78 is 13.8. The second kappa shape index (κ2) is 5.14. The van der Waals surface area contributed by atoms with E-state index in [0.717, 1.165) is 16.9 Å². The maximum absolute atomic E-state index is 12.0. The van der Waals surface area contributed by atoms with Gasteiger partial charge in [0.15, 0.2) is 0 Å². The van der Waals surface area contributed by atoms with Crippen molar-refractivity contribution in [2.45, 2.75) is 11.3 Å². The molecule has 0 aliphatic carbocycles. The van der Waals surface area contributed by atoms with Gasteiger partial charge in [-0.15, -0.1) is 0 Å². The van der Waals surface area contributed by atoms with Crippen LogP contribution in [0.1, 0.15) is 5.56 Å². The quantitative estimate of drug-likeness (QED) is 0.832. The molecule has 0 saturated carbocycles. The number of aryl methyl sites for hydroxylation is 2. The minimum absolute atomic E-state index is 0.569. The molecule has 1 aromatic carbocycles. The van der Waals surface area contributed by atoms with E-state index in [0.29, 0.717) is 11.4 Å². The van der Waals surface area contributed by atoms with Crippen LogP contribution in [0.5, 0.6) is 0 Å². The van der Waals surface area contributed by atoms with E-state index in [1.807, 2.05) is 31.4 Å². The lowest BCUT2D eigenvalue weighted by atomic mass is 10.3. The van der Waals surface area contributed by atoms with Crippen LogP contribution < -0.4 is 5.73 Å². The molecule has 0 aliphatic heterocycles. The summed E-state index contributed by atoms with van der Waals surface area (Å²) in [5.41, 5.74) is 7.47. The van der Waals surface area contributed by atoms with E-state index in [9.17, 15) is 4.21 Å². The van der Waals surface area contributed by atoms with E-state index in [2.05, 4.69) is 5.10 Å². The topological polar surface area (TPSA) is 60.9 Å². The monoisotopic (exact) mass is 249 g/mol. The molecular weight excluding hydrogens is 234 g/mol. The molecule has 0 bridgehead atoms. The summed E-state index contributed by atoms with van der Waals surface area (Å²) in [6.07, 6.45) is 4.48. The lowest BCUT2D eigenvalue weighted by Crippen LogP contribution is -2.04. The first-order chi connectivity index (χ1) is 8.16. The smallest absolute Gasteiger partial charge is 0.0617 e. The van der Waals surface area contributed by atoms with Gasteiger partial charge < -0.3 is 5.73 Å². The molecule has 1 atom stereocenters. The molecule has 2 aromatic rings. The summed E-state index contributed by atoms with van der Waals surface area (Å²) in [7, 11) is 0.822. The molecule has 1 aromatic heterocycles. The van der Waals surface area contributed by atoms with E-state index in [1.54, 1.807) is 16.9 Å². The molecular formula is C12H15N3OS. The number of nitrogens with two attached hydrogens (primary N) is 1. The van der Waals surface area contributed by atoms with Crippen molar-refractivity contribution in [1.82, 2.24) is 9.78 Å². The van der Waals surface area contributed by atoms with Gasteiger partial charge in [-0.3, -0.25) is 8.89 Å². The lowest BCUT2D eigenvalue weighted by molar-refractivity contribution is 0.682. The minimum atomic E-state index is -1.05.